The minimum absolute atomic E-state index is 0.369. The lowest BCUT2D eigenvalue weighted by atomic mass is 10.1. The minimum atomic E-state index is -0.613. The van der Waals surface area contributed by atoms with E-state index in [0.29, 0.717) is 21.2 Å². The molecule has 0 saturated heterocycles. The first kappa shape index (κ1) is 10.3. The van der Waals surface area contributed by atoms with Gasteiger partial charge in [0.05, 0.1) is 21.2 Å². The molecule has 1 aliphatic rings. The second-order valence-corrected chi connectivity index (χ2v) is 4.25. The van der Waals surface area contributed by atoms with Crippen molar-refractivity contribution in [2.24, 2.45) is 0 Å². The number of benzene rings is 1. The maximum Gasteiger partial charge on any atom is 0.296 e. The van der Waals surface area contributed by atoms with Crippen LogP contribution in [0.25, 0.3) is 0 Å². The number of nitrogens with one attached hydrogen (secondary N) is 1. The van der Waals surface area contributed by atoms with E-state index < -0.39 is 11.7 Å². The lowest BCUT2D eigenvalue weighted by Gasteiger charge is -2.06. The number of anilines is 1. The average molecular weight is 240 g/mol. The van der Waals surface area contributed by atoms with Crippen LogP contribution in [0, 0.1) is 0 Å². The Kier molecular flexibility index (Phi) is 2.54. The monoisotopic (exact) mass is 239 g/mol. The van der Waals surface area contributed by atoms with Crippen LogP contribution in [0.4, 0.5) is 5.69 Å². The lowest BCUT2D eigenvalue weighted by molar-refractivity contribution is -0.112. The quantitative estimate of drug-likeness (QED) is 0.638. The van der Waals surface area contributed by atoms with Crippen molar-refractivity contribution in [3.63, 3.8) is 0 Å². The van der Waals surface area contributed by atoms with Crippen molar-refractivity contribution in [3.8, 4) is 0 Å². The van der Waals surface area contributed by atoms with Gasteiger partial charge in [0.1, 0.15) is 0 Å². The number of rotatable bonds is 2. The molecule has 1 aromatic carbocycles. The Morgan fingerprint density at radius 3 is 2.80 bits per heavy atom. The molecular weight excluding hydrogens is 234 g/mol. The topological polar surface area (TPSA) is 46.2 Å². The molecule has 15 heavy (non-hydrogen) atoms. The van der Waals surface area contributed by atoms with Crippen LogP contribution in [-0.2, 0) is 4.79 Å². The molecule has 0 fully saturated rings. The van der Waals surface area contributed by atoms with Crippen LogP contribution in [0.2, 0.25) is 5.02 Å². The van der Waals surface area contributed by atoms with Gasteiger partial charge in [-0.3, -0.25) is 9.59 Å². The number of Topliss-reactive ketones (excluding diaryl/α,β-unsaturated/α-hetero) is 1. The van der Waals surface area contributed by atoms with Crippen LogP contribution in [0.3, 0.4) is 0 Å². The maximum atomic E-state index is 11.4. The molecule has 2 rings (SSSR count). The van der Waals surface area contributed by atoms with E-state index in [1.54, 1.807) is 17.5 Å². The molecule has 0 bridgehead atoms. The molecule has 1 amide bonds. The molecule has 1 N–H and O–H groups in total. The zero-order chi connectivity index (χ0) is 11.0. The SMILES string of the molecule is C=CSc1c(Cl)ccc2c1NC(=O)C2=O. The highest BCUT2D eigenvalue weighted by Crippen LogP contribution is 2.39. The second kappa shape index (κ2) is 3.72. The number of hydrogen-bond acceptors (Lipinski definition) is 3. The smallest absolute Gasteiger partial charge is 0.296 e. The van der Waals surface area contributed by atoms with Gasteiger partial charge in [-0.05, 0) is 17.5 Å². The Balaban J connectivity index is 2.63. The van der Waals surface area contributed by atoms with E-state index in [1.165, 1.54) is 11.8 Å². The molecule has 0 aliphatic carbocycles. The Morgan fingerprint density at radius 1 is 1.40 bits per heavy atom. The number of ketones is 1. The first-order valence-corrected chi connectivity index (χ1v) is 5.36. The third-order valence-corrected chi connectivity index (χ3v) is 3.25. The fourth-order valence-corrected chi connectivity index (χ4v) is 2.28. The summed E-state index contributed by atoms with van der Waals surface area (Å²) in [7, 11) is 0. The molecule has 5 heteroatoms. The standard InChI is InChI=1S/C10H6ClNO2S/c1-2-15-9-6(11)4-3-5-7(9)12-10(14)8(5)13/h2-4H,1H2,(H,12,13,14). The minimum Gasteiger partial charge on any atom is -0.317 e. The van der Waals surface area contributed by atoms with Crippen molar-refractivity contribution < 1.29 is 9.59 Å². The van der Waals surface area contributed by atoms with Crippen LogP contribution in [-0.4, -0.2) is 11.7 Å². The molecule has 76 valence electrons. The second-order valence-electron chi connectivity index (χ2n) is 2.87. The highest BCUT2D eigenvalue weighted by atomic mass is 35.5. The number of thioether (sulfide) groups is 1. The molecule has 0 atom stereocenters. The Labute approximate surface area is 95.5 Å². The summed E-state index contributed by atoms with van der Waals surface area (Å²) in [5.41, 5.74) is 0.858. The van der Waals surface area contributed by atoms with Gasteiger partial charge in [-0.25, -0.2) is 0 Å². The van der Waals surface area contributed by atoms with Crippen molar-refractivity contribution in [2.45, 2.75) is 4.90 Å². The Hall–Kier alpha value is -1.26. The van der Waals surface area contributed by atoms with Gasteiger partial charge >= 0.3 is 0 Å². The third-order valence-electron chi connectivity index (χ3n) is 2.00. The van der Waals surface area contributed by atoms with Gasteiger partial charge in [0.25, 0.3) is 11.7 Å². The van der Waals surface area contributed by atoms with Gasteiger partial charge < -0.3 is 5.32 Å². The molecule has 0 aromatic heterocycles. The molecule has 0 saturated carbocycles. The fraction of sp³-hybridized carbons (Fsp3) is 0. The summed E-state index contributed by atoms with van der Waals surface area (Å²) < 4.78 is 0. The summed E-state index contributed by atoms with van der Waals surface area (Å²) in [6, 6.07) is 3.15. The number of fused-ring (bicyclic) bond motifs is 1. The molecule has 1 heterocycles. The van der Waals surface area contributed by atoms with Gasteiger partial charge in [-0.1, -0.05) is 29.9 Å². The molecule has 3 nitrogen and oxygen atoms in total. The van der Waals surface area contributed by atoms with Crippen LogP contribution >= 0.6 is 23.4 Å². The van der Waals surface area contributed by atoms with Crippen LogP contribution in [0.5, 0.6) is 0 Å². The van der Waals surface area contributed by atoms with Crippen LogP contribution in [0.15, 0.2) is 29.0 Å². The van der Waals surface area contributed by atoms with E-state index in [2.05, 4.69) is 11.9 Å². The number of halogens is 1. The molecular formula is C10H6ClNO2S. The van der Waals surface area contributed by atoms with Crippen molar-refractivity contribution in [3.05, 3.63) is 34.7 Å². The maximum absolute atomic E-state index is 11.4. The van der Waals surface area contributed by atoms with E-state index in [0.717, 1.165) is 0 Å². The molecule has 0 radical (unpaired) electrons. The van der Waals surface area contributed by atoms with Crippen LogP contribution < -0.4 is 5.32 Å². The Bertz CT molecular complexity index is 485. The number of hydrogen-bond donors (Lipinski definition) is 1. The van der Waals surface area contributed by atoms with Crippen molar-refractivity contribution in [1.29, 1.82) is 0 Å². The first-order valence-electron chi connectivity index (χ1n) is 4.11. The molecule has 0 unspecified atom stereocenters. The van der Waals surface area contributed by atoms with E-state index in [4.69, 9.17) is 11.6 Å². The summed E-state index contributed by atoms with van der Waals surface area (Å²) in [4.78, 5) is 23.2. The van der Waals surface area contributed by atoms with Crippen molar-refractivity contribution >= 4 is 40.7 Å². The fourth-order valence-electron chi connectivity index (χ4n) is 1.36. The van der Waals surface area contributed by atoms with Gasteiger partial charge in [-0.2, -0.15) is 0 Å². The summed E-state index contributed by atoms with van der Waals surface area (Å²) >= 11 is 7.23. The highest BCUT2D eigenvalue weighted by molar-refractivity contribution is 8.02. The lowest BCUT2D eigenvalue weighted by Crippen LogP contribution is -2.12. The van der Waals surface area contributed by atoms with E-state index >= 15 is 0 Å². The molecule has 1 aliphatic heterocycles. The van der Waals surface area contributed by atoms with E-state index in [-0.39, 0.29) is 0 Å². The Morgan fingerprint density at radius 2 is 2.13 bits per heavy atom. The zero-order valence-electron chi connectivity index (χ0n) is 7.54. The van der Waals surface area contributed by atoms with Gasteiger partial charge in [0.15, 0.2) is 0 Å². The molecule has 0 spiro atoms. The van der Waals surface area contributed by atoms with E-state index in [9.17, 15) is 9.59 Å². The number of carbonyl (C=O) groups is 2. The average Bonchev–Trinajstić information content (AvgIpc) is 2.49. The third kappa shape index (κ3) is 1.56. The van der Waals surface area contributed by atoms with E-state index in [1.807, 2.05) is 0 Å². The number of amides is 1. The normalized spacial score (nSPS) is 13.7. The summed E-state index contributed by atoms with van der Waals surface area (Å²) in [5.74, 6) is -1.13. The highest BCUT2D eigenvalue weighted by Gasteiger charge is 2.30. The van der Waals surface area contributed by atoms with Gasteiger partial charge in [-0.15, -0.1) is 0 Å². The molecule has 1 aromatic rings. The predicted molar refractivity (Wildman–Crippen MR) is 60.5 cm³/mol. The van der Waals surface area contributed by atoms with Crippen molar-refractivity contribution in [2.75, 3.05) is 5.32 Å². The first-order chi connectivity index (χ1) is 7.15. The summed E-state index contributed by atoms with van der Waals surface area (Å²) in [5, 5.41) is 4.59. The zero-order valence-corrected chi connectivity index (χ0v) is 9.11. The number of carbonyl (C=O) groups excluding carboxylic acids is 2. The summed E-state index contributed by atoms with van der Waals surface area (Å²) in [6.07, 6.45) is 0. The van der Waals surface area contributed by atoms with Gasteiger partial charge in [0.2, 0.25) is 0 Å². The predicted octanol–water partition coefficient (Wildman–Crippen LogP) is 2.71. The largest absolute Gasteiger partial charge is 0.317 e. The van der Waals surface area contributed by atoms with Crippen molar-refractivity contribution in [1.82, 2.24) is 0 Å². The summed E-state index contributed by atoms with van der Waals surface area (Å²) in [6.45, 7) is 3.57. The van der Waals surface area contributed by atoms with Crippen LogP contribution in [0.1, 0.15) is 10.4 Å². The van der Waals surface area contributed by atoms with Gasteiger partial charge in [0, 0.05) is 0 Å².